The van der Waals surface area contributed by atoms with E-state index in [0.29, 0.717) is 0 Å². The van der Waals surface area contributed by atoms with Gasteiger partial charge < -0.3 is 9.94 Å². The van der Waals surface area contributed by atoms with E-state index in [9.17, 15) is 5.11 Å². The quantitative estimate of drug-likeness (QED) is 0.644. The van der Waals surface area contributed by atoms with E-state index in [4.69, 9.17) is 4.84 Å². The van der Waals surface area contributed by atoms with Gasteiger partial charge in [0.25, 0.3) is 0 Å². The lowest BCUT2D eigenvalue weighted by atomic mass is 9.95. The highest BCUT2D eigenvalue weighted by Crippen LogP contribution is 2.21. The topological polar surface area (TPSA) is 41.8 Å². The maximum absolute atomic E-state index is 9.76. The third-order valence-corrected chi connectivity index (χ3v) is 3.18. The van der Waals surface area contributed by atoms with Crippen LogP contribution in [0.25, 0.3) is 0 Å². The first kappa shape index (κ1) is 12.1. The van der Waals surface area contributed by atoms with E-state index >= 15 is 0 Å². The van der Waals surface area contributed by atoms with Crippen molar-refractivity contribution in [2.45, 2.75) is 44.8 Å². The Morgan fingerprint density at radius 3 is 2.65 bits per heavy atom. The van der Waals surface area contributed by atoms with Crippen molar-refractivity contribution < 1.29 is 9.94 Å². The van der Waals surface area contributed by atoms with Crippen molar-refractivity contribution >= 4 is 5.71 Å². The van der Waals surface area contributed by atoms with E-state index in [0.717, 1.165) is 37.0 Å². The van der Waals surface area contributed by atoms with Gasteiger partial charge in [0.15, 0.2) is 6.10 Å². The lowest BCUT2D eigenvalue weighted by molar-refractivity contribution is -0.0570. The molecule has 1 saturated carbocycles. The summed E-state index contributed by atoms with van der Waals surface area (Å²) >= 11 is 0. The Morgan fingerprint density at radius 1 is 1.24 bits per heavy atom. The van der Waals surface area contributed by atoms with E-state index in [-0.39, 0.29) is 12.2 Å². The molecule has 1 aliphatic carbocycles. The van der Waals surface area contributed by atoms with Gasteiger partial charge in [0.1, 0.15) is 0 Å². The molecule has 0 saturated heterocycles. The standard InChI is InChI=1S/C14H19NO2/c1-11(12-7-3-2-4-8-12)15-17-14-10-6-5-9-13(14)16/h2-4,7-8,13-14,16H,5-6,9-10H2,1H3/b15-11+/t13-,14-/m0/s1. The lowest BCUT2D eigenvalue weighted by Crippen LogP contribution is -2.31. The second-order valence-electron chi connectivity index (χ2n) is 4.54. The number of hydrogen-bond donors (Lipinski definition) is 1. The number of oxime groups is 1. The zero-order valence-corrected chi connectivity index (χ0v) is 10.2. The molecule has 1 aliphatic rings. The molecule has 3 nitrogen and oxygen atoms in total. The van der Waals surface area contributed by atoms with Crippen molar-refractivity contribution in [3.8, 4) is 0 Å². The van der Waals surface area contributed by atoms with Crippen LogP contribution in [0.3, 0.4) is 0 Å². The molecule has 0 amide bonds. The summed E-state index contributed by atoms with van der Waals surface area (Å²) in [6, 6.07) is 9.93. The highest BCUT2D eigenvalue weighted by molar-refractivity contribution is 5.98. The van der Waals surface area contributed by atoms with Crippen LogP contribution in [-0.2, 0) is 4.84 Å². The molecule has 92 valence electrons. The predicted molar refractivity (Wildman–Crippen MR) is 68.0 cm³/mol. The smallest absolute Gasteiger partial charge is 0.153 e. The molecular weight excluding hydrogens is 214 g/mol. The van der Waals surface area contributed by atoms with E-state index in [1.807, 2.05) is 37.3 Å². The van der Waals surface area contributed by atoms with Crippen molar-refractivity contribution in [1.29, 1.82) is 0 Å². The molecule has 1 aromatic rings. The largest absolute Gasteiger partial charge is 0.389 e. The van der Waals surface area contributed by atoms with Crippen LogP contribution < -0.4 is 0 Å². The second-order valence-corrected chi connectivity index (χ2v) is 4.54. The van der Waals surface area contributed by atoms with Crippen LogP contribution >= 0.6 is 0 Å². The fourth-order valence-electron chi connectivity index (χ4n) is 2.08. The van der Waals surface area contributed by atoms with Gasteiger partial charge in [-0.25, -0.2) is 0 Å². The Bertz CT molecular complexity index is 375. The van der Waals surface area contributed by atoms with E-state index in [1.165, 1.54) is 0 Å². The molecule has 0 heterocycles. The Hall–Kier alpha value is -1.35. The maximum Gasteiger partial charge on any atom is 0.153 e. The first-order valence-corrected chi connectivity index (χ1v) is 6.21. The molecule has 2 atom stereocenters. The zero-order chi connectivity index (χ0) is 12.1. The molecule has 2 rings (SSSR count). The Morgan fingerprint density at radius 2 is 1.94 bits per heavy atom. The van der Waals surface area contributed by atoms with Gasteiger partial charge >= 0.3 is 0 Å². The minimum Gasteiger partial charge on any atom is -0.389 e. The maximum atomic E-state index is 9.76. The summed E-state index contributed by atoms with van der Waals surface area (Å²) in [5.41, 5.74) is 1.90. The molecule has 0 spiro atoms. The first-order chi connectivity index (χ1) is 8.27. The number of aliphatic hydroxyl groups excluding tert-OH is 1. The van der Waals surface area contributed by atoms with Gasteiger partial charge in [0, 0.05) is 0 Å². The number of rotatable bonds is 3. The Labute approximate surface area is 102 Å². The molecule has 0 aromatic heterocycles. The summed E-state index contributed by atoms with van der Waals surface area (Å²) in [5, 5.41) is 13.9. The fraction of sp³-hybridized carbons (Fsp3) is 0.500. The van der Waals surface area contributed by atoms with Gasteiger partial charge in [-0.2, -0.15) is 0 Å². The third-order valence-electron chi connectivity index (χ3n) is 3.18. The zero-order valence-electron chi connectivity index (χ0n) is 10.2. The SMILES string of the molecule is C/C(=N\O[C@H]1CCCC[C@@H]1O)c1ccccc1. The summed E-state index contributed by atoms with van der Waals surface area (Å²) in [6.45, 7) is 1.92. The van der Waals surface area contributed by atoms with Crippen molar-refractivity contribution in [2.24, 2.45) is 5.16 Å². The molecule has 0 aliphatic heterocycles. The number of hydrogen-bond acceptors (Lipinski definition) is 3. The average Bonchev–Trinajstić information content (AvgIpc) is 2.38. The molecule has 1 aromatic carbocycles. The van der Waals surface area contributed by atoms with Crippen LogP contribution in [-0.4, -0.2) is 23.0 Å². The van der Waals surface area contributed by atoms with Crippen LogP contribution in [0.5, 0.6) is 0 Å². The summed E-state index contributed by atoms with van der Waals surface area (Å²) < 4.78 is 0. The van der Waals surface area contributed by atoms with E-state index in [1.54, 1.807) is 0 Å². The predicted octanol–water partition coefficient (Wildman–Crippen LogP) is 2.73. The molecule has 1 N–H and O–H groups in total. The summed E-state index contributed by atoms with van der Waals surface area (Å²) in [7, 11) is 0. The summed E-state index contributed by atoms with van der Waals surface area (Å²) in [5.74, 6) is 0. The van der Waals surface area contributed by atoms with Gasteiger partial charge in [-0.05, 0) is 31.7 Å². The van der Waals surface area contributed by atoms with Gasteiger partial charge in [-0.1, -0.05) is 41.9 Å². The summed E-state index contributed by atoms with van der Waals surface area (Å²) in [6.07, 6.45) is 3.42. The molecule has 0 bridgehead atoms. The van der Waals surface area contributed by atoms with Gasteiger partial charge in [0.2, 0.25) is 0 Å². The highest BCUT2D eigenvalue weighted by Gasteiger charge is 2.24. The molecule has 0 unspecified atom stereocenters. The molecule has 0 radical (unpaired) electrons. The van der Waals surface area contributed by atoms with Crippen LogP contribution in [0.15, 0.2) is 35.5 Å². The highest BCUT2D eigenvalue weighted by atomic mass is 16.6. The number of benzene rings is 1. The first-order valence-electron chi connectivity index (χ1n) is 6.21. The number of nitrogens with zero attached hydrogens (tertiary/aromatic N) is 1. The third kappa shape index (κ3) is 3.30. The normalized spacial score (nSPS) is 25.6. The average molecular weight is 233 g/mol. The van der Waals surface area contributed by atoms with Crippen molar-refractivity contribution in [2.75, 3.05) is 0 Å². The second kappa shape index (κ2) is 5.82. The molecule has 17 heavy (non-hydrogen) atoms. The van der Waals surface area contributed by atoms with Crippen LogP contribution in [0.4, 0.5) is 0 Å². The monoisotopic (exact) mass is 233 g/mol. The summed E-state index contributed by atoms with van der Waals surface area (Å²) in [4.78, 5) is 5.45. The lowest BCUT2D eigenvalue weighted by Gasteiger charge is -2.25. The minimum absolute atomic E-state index is 0.137. The van der Waals surface area contributed by atoms with Crippen LogP contribution in [0.1, 0.15) is 38.2 Å². The fourth-order valence-corrected chi connectivity index (χ4v) is 2.08. The van der Waals surface area contributed by atoms with Crippen molar-refractivity contribution in [3.05, 3.63) is 35.9 Å². The van der Waals surface area contributed by atoms with E-state index in [2.05, 4.69) is 5.16 Å². The molecule has 3 heteroatoms. The Kier molecular flexibility index (Phi) is 4.15. The van der Waals surface area contributed by atoms with Gasteiger partial charge in [-0.3, -0.25) is 0 Å². The molecular formula is C14H19NO2. The number of aliphatic hydroxyl groups is 1. The van der Waals surface area contributed by atoms with Gasteiger partial charge in [-0.15, -0.1) is 0 Å². The van der Waals surface area contributed by atoms with E-state index < -0.39 is 0 Å². The van der Waals surface area contributed by atoms with Crippen molar-refractivity contribution in [1.82, 2.24) is 0 Å². The molecule has 1 fully saturated rings. The van der Waals surface area contributed by atoms with Gasteiger partial charge in [0.05, 0.1) is 11.8 Å². The van der Waals surface area contributed by atoms with Crippen LogP contribution in [0.2, 0.25) is 0 Å². The Balaban J connectivity index is 1.96. The van der Waals surface area contributed by atoms with Crippen molar-refractivity contribution in [3.63, 3.8) is 0 Å². The minimum atomic E-state index is -0.365. The van der Waals surface area contributed by atoms with Crippen LogP contribution in [0, 0.1) is 0 Å².